The lowest BCUT2D eigenvalue weighted by molar-refractivity contribution is -0.168. The molecule has 10 heteroatoms. The molecular formula is C21H19N3O5S2. The van der Waals surface area contributed by atoms with Crippen molar-refractivity contribution in [2.75, 3.05) is 6.61 Å². The van der Waals surface area contributed by atoms with Crippen LogP contribution in [0, 0.1) is 0 Å². The first-order valence-electron chi connectivity index (χ1n) is 9.84. The molecule has 2 aromatic heterocycles. The summed E-state index contributed by atoms with van der Waals surface area (Å²) in [5.41, 5.74) is 1.24. The number of rotatable bonds is 4. The Morgan fingerprint density at radius 3 is 3.00 bits per heavy atom. The first kappa shape index (κ1) is 20.3. The van der Waals surface area contributed by atoms with Crippen LogP contribution >= 0.6 is 24.3 Å². The molecule has 0 bridgehead atoms. The number of aromatic nitrogens is 3. The van der Waals surface area contributed by atoms with Crippen molar-refractivity contribution in [1.29, 1.82) is 0 Å². The van der Waals surface area contributed by atoms with Gasteiger partial charge in [-0.05, 0) is 43.0 Å². The lowest BCUT2D eigenvalue weighted by Gasteiger charge is -2.22. The van der Waals surface area contributed by atoms with Gasteiger partial charge in [0.25, 0.3) is 11.1 Å². The van der Waals surface area contributed by atoms with Gasteiger partial charge in [0.2, 0.25) is 0 Å². The molecule has 5 rings (SSSR count). The van der Waals surface area contributed by atoms with E-state index in [1.54, 1.807) is 30.3 Å². The van der Waals surface area contributed by atoms with Crippen molar-refractivity contribution in [2.24, 2.45) is 0 Å². The Bertz CT molecular complexity index is 1400. The minimum absolute atomic E-state index is 0.0841. The van der Waals surface area contributed by atoms with Crippen LogP contribution in [0.3, 0.4) is 0 Å². The van der Waals surface area contributed by atoms with Gasteiger partial charge in [0.1, 0.15) is 17.0 Å². The van der Waals surface area contributed by atoms with E-state index in [2.05, 4.69) is 22.2 Å². The molecule has 0 saturated carbocycles. The quantitative estimate of drug-likeness (QED) is 0.406. The highest BCUT2D eigenvalue weighted by Crippen LogP contribution is 2.31. The molecular weight excluding hydrogens is 438 g/mol. The summed E-state index contributed by atoms with van der Waals surface area (Å²) in [7, 11) is 0. The average Bonchev–Trinajstić information content (AvgIpc) is 3.17. The maximum atomic E-state index is 13.1. The van der Waals surface area contributed by atoms with E-state index in [0.29, 0.717) is 33.3 Å². The molecule has 2 aromatic carbocycles. The third-order valence-corrected chi connectivity index (χ3v) is 6.64. The zero-order chi connectivity index (χ0) is 21.5. The molecule has 1 fully saturated rings. The molecule has 1 aliphatic rings. The van der Waals surface area contributed by atoms with E-state index in [4.69, 9.17) is 9.47 Å². The van der Waals surface area contributed by atoms with Crippen LogP contribution in [0.15, 0.2) is 39.9 Å². The van der Waals surface area contributed by atoms with Crippen molar-refractivity contribution in [3.8, 4) is 17.0 Å². The van der Waals surface area contributed by atoms with E-state index in [0.717, 1.165) is 34.8 Å². The summed E-state index contributed by atoms with van der Waals surface area (Å²) < 4.78 is 15.8. The Labute approximate surface area is 185 Å². The van der Waals surface area contributed by atoms with Crippen molar-refractivity contribution in [3.05, 3.63) is 56.6 Å². The van der Waals surface area contributed by atoms with Crippen molar-refractivity contribution in [1.82, 2.24) is 13.3 Å². The average molecular weight is 458 g/mol. The number of aromatic hydroxyl groups is 1. The Kier molecular flexibility index (Phi) is 5.30. The smallest absolute Gasteiger partial charge is 0.287 e. The van der Waals surface area contributed by atoms with Gasteiger partial charge in [0, 0.05) is 12.2 Å². The van der Waals surface area contributed by atoms with Crippen LogP contribution in [0.2, 0.25) is 0 Å². The minimum atomic E-state index is -0.447. The number of H-pyrrole nitrogens is 1. The fraction of sp³-hybridized carbons (Fsp3) is 0.286. The van der Waals surface area contributed by atoms with Gasteiger partial charge in [-0.25, -0.2) is 8.96 Å². The second-order valence-electron chi connectivity index (χ2n) is 7.38. The van der Waals surface area contributed by atoms with Crippen LogP contribution in [0.25, 0.3) is 32.4 Å². The molecule has 1 saturated heterocycles. The summed E-state index contributed by atoms with van der Waals surface area (Å²) in [6, 6.07) is 8.39. The monoisotopic (exact) mass is 457 g/mol. The van der Waals surface area contributed by atoms with Gasteiger partial charge in [0.05, 0.1) is 22.2 Å². The highest BCUT2D eigenvalue weighted by molar-refractivity contribution is 7.78. The summed E-state index contributed by atoms with van der Waals surface area (Å²) in [5.74, 6) is -0.0841. The molecule has 3 heterocycles. The number of benzene rings is 2. The number of aromatic amines is 1. The molecule has 4 aromatic rings. The van der Waals surface area contributed by atoms with Gasteiger partial charge in [0.15, 0.2) is 6.29 Å². The van der Waals surface area contributed by atoms with Crippen LogP contribution in [0.4, 0.5) is 0 Å². The normalized spacial score (nSPS) is 16.9. The predicted octanol–water partition coefficient (Wildman–Crippen LogP) is 3.41. The molecule has 0 aliphatic carbocycles. The van der Waals surface area contributed by atoms with Gasteiger partial charge in [-0.15, -0.1) is 0 Å². The molecule has 1 aliphatic heterocycles. The first-order valence-corrected chi connectivity index (χ1v) is 11.1. The first-order chi connectivity index (χ1) is 15.0. The Morgan fingerprint density at radius 1 is 1.32 bits per heavy atom. The van der Waals surface area contributed by atoms with Gasteiger partial charge >= 0.3 is 0 Å². The lowest BCUT2D eigenvalue weighted by atomic mass is 10.1. The zero-order valence-corrected chi connectivity index (χ0v) is 18.0. The van der Waals surface area contributed by atoms with Crippen molar-refractivity contribution >= 4 is 45.5 Å². The number of thiol groups is 1. The van der Waals surface area contributed by atoms with Gasteiger partial charge in [-0.3, -0.25) is 14.0 Å². The van der Waals surface area contributed by atoms with E-state index >= 15 is 0 Å². The summed E-state index contributed by atoms with van der Waals surface area (Å²) in [5, 5.41) is 11.1. The molecule has 0 radical (unpaired) electrons. The van der Waals surface area contributed by atoms with Crippen molar-refractivity contribution < 1.29 is 14.6 Å². The highest BCUT2D eigenvalue weighted by atomic mass is 32.1. The molecule has 160 valence electrons. The number of ether oxygens (including phenoxy) is 2. The van der Waals surface area contributed by atoms with E-state index in [1.165, 1.54) is 0 Å². The fourth-order valence-corrected chi connectivity index (χ4v) is 4.86. The Hall–Kier alpha value is -2.66. The van der Waals surface area contributed by atoms with Crippen LogP contribution in [0.1, 0.15) is 24.8 Å². The molecule has 8 nitrogen and oxygen atoms in total. The molecule has 1 atom stereocenters. The SMILES string of the molecule is O=c1[nH]sc2c(-c3nc4c(O)cc(COC5CCCCO5)cc4n(S)c3=O)cccc12. The van der Waals surface area contributed by atoms with Crippen molar-refractivity contribution in [2.45, 2.75) is 32.2 Å². The molecule has 31 heavy (non-hydrogen) atoms. The van der Waals surface area contributed by atoms with Crippen LogP contribution < -0.4 is 11.1 Å². The maximum absolute atomic E-state index is 13.1. The Morgan fingerprint density at radius 2 is 2.19 bits per heavy atom. The number of hydrogen-bond acceptors (Lipinski definition) is 8. The number of fused-ring (bicyclic) bond motifs is 2. The predicted molar refractivity (Wildman–Crippen MR) is 122 cm³/mol. The lowest BCUT2D eigenvalue weighted by Crippen LogP contribution is -2.22. The maximum Gasteiger partial charge on any atom is 0.287 e. The van der Waals surface area contributed by atoms with Crippen LogP contribution in [-0.4, -0.2) is 31.3 Å². The van der Waals surface area contributed by atoms with E-state index in [9.17, 15) is 14.7 Å². The molecule has 0 spiro atoms. The van der Waals surface area contributed by atoms with Gasteiger partial charge < -0.3 is 14.6 Å². The minimum Gasteiger partial charge on any atom is -0.506 e. The van der Waals surface area contributed by atoms with E-state index < -0.39 is 5.56 Å². The second kappa shape index (κ2) is 8.12. The van der Waals surface area contributed by atoms with E-state index in [-0.39, 0.29) is 35.4 Å². The number of hydrogen-bond donors (Lipinski definition) is 3. The topological polar surface area (TPSA) is 106 Å². The molecule has 1 unspecified atom stereocenters. The third kappa shape index (κ3) is 3.65. The summed E-state index contributed by atoms with van der Waals surface area (Å²) in [6.07, 6.45) is 2.65. The van der Waals surface area contributed by atoms with Crippen molar-refractivity contribution in [3.63, 3.8) is 0 Å². The summed E-state index contributed by atoms with van der Waals surface area (Å²) in [6.45, 7) is 0.910. The summed E-state index contributed by atoms with van der Waals surface area (Å²) >= 11 is 5.51. The van der Waals surface area contributed by atoms with Crippen LogP contribution in [-0.2, 0) is 16.1 Å². The number of phenolic OH excluding ortho intramolecular Hbond substituents is 1. The fourth-order valence-electron chi connectivity index (χ4n) is 3.76. The second-order valence-corrected chi connectivity index (χ2v) is 8.60. The van der Waals surface area contributed by atoms with Gasteiger partial charge in [-0.2, -0.15) is 0 Å². The standard InChI is InChI=1S/C21H19N3O5S2/c25-15-9-11(10-29-16-6-1-2-7-28-16)8-14-18(15)22-17(21(27)24(14)30)12-4-3-5-13-19(12)31-23-20(13)26/h3-5,8-9,16,25,30H,1-2,6-7,10H2,(H,23,26). The highest BCUT2D eigenvalue weighted by Gasteiger charge is 2.19. The largest absolute Gasteiger partial charge is 0.506 e. The van der Waals surface area contributed by atoms with Gasteiger partial charge in [-0.1, -0.05) is 36.5 Å². The summed E-state index contributed by atoms with van der Waals surface area (Å²) in [4.78, 5) is 29.5. The van der Waals surface area contributed by atoms with E-state index in [1.807, 2.05) is 0 Å². The molecule has 2 N–H and O–H groups in total. The Balaban J connectivity index is 1.58. The number of phenols is 1. The molecule has 0 amide bonds. The number of nitrogens with zero attached hydrogens (tertiary/aromatic N) is 2. The van der Waals surface area contributed by atoms with Crippen LogP contribution in [0.5, 0.6) is 5.75 Å². The third-order valence-electron chi connectivity index (χ3n) is 5.31. The zero-order valence-electron chi connectivity index (χ0n) is 16.3. The number of nitrogens with one attached hydrogen (secondary N) is 1.